The van der Waals surface area contributed by atoms with E-state index in [1.54, 1.807) is 11.3 Å². The van der Waals surface area contributed by atoms with E-state index in [0.717, 1.165) is 24.9 Å². The number of rotatable bonds is 4. The number of fused-ring (bicyclic) bond motifs is 1. The Morgan fingerprint density at radius 1 is 1.25 bits per heavy atom. The van der Waals surface area contributed by atoms with Gasteiger partial charge in [-0.2, -0.15) is 0 Å². The third kappa shape index (κ3) is 2.69. The van der Waals surface area contributed by atoms with Gasteiger partial charge in [0.05, 0.1) is 6.04 Å². The monoisotopic (exact) mass is 285 g/mol. The first kappa shape index (κ1) is 13.5. The zero-order chi connectivity index (χ0) is 13.9. The average Bonchev–Trinajstić information content (AvgIpc) is 2.94. The molecule has 20 heavy (non-hydrogen) atoms. The summed E-state index contributed by atoms with van der Waals surface area (Å²) < 4.78 is 0. The van der Waals surface area contributed by atoms with Crippen LogP contribution in [0.3, 0.4) is 0 Å². The molecule has 0 saturated carbocycles. The molecule has 2 aromatic rings. The van der Waals surface area contributed by atoms with Gasteiger partial charge >= 0.3 is 0 Å². The summed E-state index contributed by atoms with van der Waals surface area (Å²) in [6.07, 6.45) is 2.60. The van der Waals surface area contributed by atoms with E-state index in [4.69, 9.17) is 0 Å². The maximum atomic E-state index is 12.6. The number of Topliss-reactive ketones (excluding diaryl/α,β-unsaturated/α-hetero) is 1. The van der Waals surface area contributed by atoms with Gasteiger partial charge in [-0.1, -0.05) is 31.2 Å². The van der Waals surface area contributed by atoms with E-state index in [9.17, 15) is 4.79 Å². The fraction of sp³-hybridized carbons (Fsp3) is 0.353. The fourth-order valence-corrected chi connectivity index (χ4v) is 3.74. The van der Waals surface area contributed by atoms with Crippen molar-refractivity contribution in [2.75, 3.05) is 6.54 Å². The van der Waals surface area contributed by atoms with Gasteiger partial charge in [-0.25, -0.2) is 0 Å². The molecule has 1 aromatic carbocycles. The molecule has 0 bridgehead atoms. The molecular formula is C17H19NOS. The number of thiophene rings is 1. The van der Waals surface area contributed by atoms with Crippen molar-refractivity contribution < 1.29 is 4.79 Å². The Labute approximate surface area is 123 Å². The lowest BCUT2D eigenvalue weighted by atomic mass is 9.91. The molecule has 3 rings (SSSR count). The van der Waals surface area contributed by atoms with Crippen LogP contribution in [-0.4, -0.2) is 12.3 Å². The second-order valence-electron chi connectivity index (χ2n) is 5.20. The summed E-state index contributed by atoms with van der Waals surface area (Å²) in [4.78, 5) is 15.1. The second-order valence-corrected chi connectivity index (χ2v) is 6.45. The van der Waals surface area contributed by atoms with E-state index in [1.807, 2.05) is 6.07 Å². The van der Waals surface area contributed by atoms with Crippen molar-refractivity contribution in [2.45, 2.75) is 32.2 Å². The predicted molar refractivity (Wildman–Crippen MR) is 83.3 cm³/mol. The minimum absolute atomic E-state index is 0.132. The summed E-state index contributed by atoms with van der Waals surface area (Å²) in [5.74, 6) is 0.279. The third-order valence-corrected chi connectivity index (χ3v) is 5.07. The summed E-state index contributed by atoms with van der Waals surface area (Å²) in [5.41, 5.74) is 2.47. The van der Waals surface area contributed by atoms with Crippen LogP contribution in [0.2, 0.25) is 0 Å². The molecule has 0 fully saturated rings. The number of carbonyl (C=O) groups is 1. The van der Waals surface area contributed by atoms with Crippen LogP contribution in [0.4, 0.5) is 0 Å². The van der Waals surface area contributed by atoms with E-state index >= 15 is 0 Å². The maximum absolute atomic E-state index is 12.6. The van der Waals surface area contributed by atoms with Crippen molar-refractivity contribution in [3.63, 3.8) is 0 Å². The van der Waals surface area contributed by atoms with Crippen LogP contribution in [0.25, 0.3) is 0 Å². The Bertz CT molecular complexity index is 617. The SMILES string of the molecule is CCc1ccc(CC(=O)C2NCCc3ccccc32)s1. The molecule has 0 amide bonds. The molecule has 0 radical (unpaired) electrons. The highest BCUT2D eigenvalue weighted by atomic mass is 32.1. The van der Waals surface area contributed by atoms with Gasteiger partial charge in [0, 0.05) is 22.7 Å². The van der Waals surface area contributed by atoms with Crippen LogP contribution in [0.5, 0.6) is 0 Å². The molecule has 1 aromatic heterocycles. The summed E-state index contributed by atoms with van der Waals surface area (Å²) in [6.45, 7) is 3.04. The fourth-order valence-electron chi connectivity index (χ4n) is 2.77. The number of ketones is 1. The van der Waals surface area contributed by atoms with E-state index in [0.29, 0.717) is 6.42 Å². The van der Waals surface area contributed by atoms with Crippen LogP contribution in [-0.2, 0) is 24.1 Å². The molecule has 1 atom stereocenters. The number of benzene rings is 1. The molecule has 1 unspecified atom stereocenters. The first-order chi connectivity index (χ1) is 9.78. The van der Waals surface area contributed by atoms with Gasteiger partial charge < -0.3 is 5.32 Å². The molecule has 1 aliphatic rings. The lowest BCUT2D eigenvalue weighted by Gasteiger charge is -2.25. The Hall–Kier alpha value is -1.45. The van der Waals surface area contributed by atoms with Crippen molar-refractivity contribution in [2.24, 2.45) is 0 Å². The smallest absolute Gasteiger partial charge is 0.159 e. The Morgan fingerprint density at radius 3 is 2.85 bits per heavy atom. The molecule has 2 heterocycles. The molecule has 1 aliphatic heterocycles. The highest BCUT2D eigenvalue weighted by molar-refractivity contribution is 7.12. The van der Waals surface area contributed by atoms with E-state index in [2.05, 4.69) is 42.6 Å². The Kier molecular flexibility index (Phi) is 3.99. The number of nitrogens with one attached hydrogen (secondary N) is 1. The molecule has 1 N–H and O–H groups in total. The maximum Gasteiger partial charge on any atom is 0.159 e. The highest BCUT2D eigenvalue weighted by Gasteiger charge is 2.25. The molecule has 0 aliphatic carbocycles. The molecule has 104 valence electrons. The van der Waals surface area contributed by atoms with Crippen molar-refractivity contribution in [1.82, 2.24) is 5.32 Å². The van der Waals surface area contributed by atoms with Crippen LogP contribution in [0, 0.1) is 0 Å². The normalized spacial score (nSPS) is 17.8. The van der Waals surface area contributed by atoms with Crippen LogP contribution in [0.1, 0.15) is 33.8 Å². The van der Waals surface area contributed by atoms with E-state index in [1.165, 1.54) is 15.3 Å². The van der Waals surface area contributed by atoms with Gasteiger partial charge in [0.2, 0.25) is 0 Å². The van der Waals surface area contributed by atoms with Gasteiger partial charge in [0.15, 0.2) is 5.78 Å². The summed E-state index contributed by atoms with van der Waals surface area (Å²) in [7, 11) is 0. The van der Waals surface area contributed by atoms with Crippen molar-refractivity contribution in [1.29, 1.82) is 0 Å². The van der Waals surface area contributed by atoms with Crippen LogP contribution in [0.15, 0.2) is 36.4 Å². The van der Waals surface area contributed by atoms with Gasteiger partial charge in [0.1, 0.15) is 0 Å². The largest absolute Gasteiger partial charge is 0.303 e. The molecular weight excluding hydrogens is 266 g/mol. The van der Waals surface area contributed by atoms with Crippen molar-refractivity contribution >= 4 is 17.1 Å². The van der Waals surface area contributed by atoms with Crippen molar-refractivity contribution in [3.8, 4) is 0 Å². The average molecular weight is 285 g/mol. The Balaban J connectivity index is 1.78. The predicted octanol–water partition coefficient (Wildman–Crippen LogP) is 3.31. The molecule has 0 spiro atoms. The molecule has 3 heteroatoms. The summed E-state index contributed by atoms with van der Waals surface area (Å²) >= 11 is 1.76. The van der Waals surface area contributed by atoms with E-state index in [-0.39, 0.29) is 11.8 Å². The summed E-state index contributed by atoms with van der Waals surface area (Å²) in [6, 6.07) is 12.4. The van der Waals surface area contributed by atoms with Crippen molar-refractivity contribution in [3.05, 3.63) is 57.3 Å². The first-order valence-electron chi connectivity index (χ1n) is 7.19. The van der Waals surface area contributed by atoms with Gasteiger partial charge in [0.25, 0.3) is 0 Å². The second kappa shape index (κ2) is 5.90. The number of carbonyl (C=O) groups excluding carboxylic acids is 1. The lowest BCUT2D eigenvalue weighted by molar-refractivity contribution is -0.120. The van der Waals surface area contributed by atoms with Gasteiger partial charge in [-0.05, 0) is 36.1 Å². The standard InChI is InChI=1S/C17H19NOS/c1-2-13-7-8-14(20-13)11-16(19)17-15-6-4-3-5-12(15)9-10-18-17/h3-8,17-18H,2,9-11H2,1H3. The zero-order valence-electron chi connectivity index (χ0n) is 11.7. The van der Waals surface area contributed by atoms with E-state index < -0.39 is 0 Å². The Morgan fingerprint density at radius 2 is 2.05 bits per heavy atom. The highest BCUT2D eigenvalue weighted by Crippen LogP contribution is 2.26. The lowest BCUT2D eigenvalue weighted by Crippen LogP contribution is -2.35. The number of hydrogen-bond acceptors (Lipinski definition) is 3. The number of aryl methyl sites for hydroxylation is 1. The number of hydrogen-bond donors (Lipinski definition) is 1. The molecule has 2 nitrogen and oxygen atoms in total. The minimum atomic E-state index is -0.132. The van der Waals surface area contributed by atoms with Gasteiger partial charge in [-0.15, -0.1) is 11.3 Å². The zero-order valence-corrected chi connectivity index (χ0v) is 12.5. The molecule has 0 saturated heterocycles. The van der Waals surface area contributed by atoms with Gasteiger partial charge in [-0.3, -0.25) is 4.79 Å². The third-order valence-electron chi connectivity index (χ3n) is 3.85. The quantitative estimate of drug-likeness (QED) is 0.934. The minimum Gasteiger partial charge on any atom is -0.303 e. The van der Waals surface area contributed by atoms with Crippen LogP contribution >= 0.6 is 11.3 Å². The van der Waals surface area contributed by atoms with Crippen LogP contribution < -0.4 is 5.32 Å². The summed E-state index contributed by atoms with van der Waals surface area (Å²) in [5, 5.41) is 3.37. The first-order valence-corrected chi connectivity index (χ1v) is 8.01. The topological polar surface area (TPSA) is 29.1 Å².